The maximum absolute atomic E-state index is 11.9. The highest BCUT2D eigenvalue weighted by atomic mass is 79.9. The topological polar surface area (TPSA) is 60.7 Å². The lowest BCUT2D eigenvalue weighted by atomic mass is 10.1. The van der Waals surface area contributed by atoms with E-state index in [0.29, 0.717) is 11.5 Å². The SMILES string of the molecule is CCCCCCCC#CCn1nc(-c2ncc(Br)cn2)ccc1=O. The Morgan fingerprint density at radius 1 is 1.08 bits per heavy atom. The van der Waals surface area contributed by atoms with Crippen LogP contribution in [0.15, 0.2) is 33.8 Å². The molecule has 0 saturated heterocycles. The number of nitrogens with zero attached hydrogens (tertiary/aromatic N) is 4. The zero-order valence-corrected chi connectivity index (χ0v) is 15.4. The summed E-state index contributed by atoms with van der Waals surface area (Å²) < 4.78 is 2.15. The van der Waals surface area contributed by atoms with Gasteiger partial charge < -0.3 is 0 Å². The summed E-state index contributed by atoms with van der Waals surface area (Å²) in [6.07, 6.45) is 10.3. The Morgan fingerprint density at radius 3 is 2.58 bits per heavy atom. The smallest absolute Gasteiger partial charge is 0.267 e. The molecule has 0 unspecified atom stereocenters. The summed E-state index contributed by atoms with van der Waals surface area (Å²) in [4.78, 5) is 20.3. The molecule has 2 aromatic heterocycles. The summed E-state index contributed by atoms with van der Waals surface area (Å²) in [6.45, 7) is 2.50. The van der Waals surface area contributed by atoms with Gasteiger partial charge in [-0.25, -0.2) is 14.6 Å². The zero-order chi connectivity index (χ0) is 17.2. The van der Waals surface area contributed by atoms with Crippen molar-refractivity contribution in [3.05, 3.63) is 39.4 Å². The van der Waals surface area contributed by atoms with Crippen LogP contribution in [-0.4, -0.2) is 19.7 Å². The largest absolute Gasteiger partial charge is 0.268 e. The van der Waals surface area contributed by atoms with Crippen LogP contribution in [0.4, 0.5) is 0 Å². The van der Waals surface area contributed by atoms with Gasteiger partial charge in [-0.3, -0.25) is 4.79 Å². The Bertz CT molecular complexity index is 759. The van der Waals surface area contributed by atoms with Crippen molar-refractivity contribution in [2.24, 2.45) is 0 Å². The number of aromatic nitrogens is 4. The number of rotatable bonds is 7. The third-order valence-corrected chi connectivity index (χ3v) is 3.88. The van der Waals surface area contributed by atoms with E-state index in [-0.39, 0.29) is 12.1 Å². The summed E-state index contributed by atoms with van der Waals surface area (Å²) >= 11 is 3.29. The molecule has 0 aliphatic heterocycles. The third kappa shape index (κ3) is 5.89. The van der Waals surface area contributed by atoms with Gasteiger partial charge >= 0.3 is 0 Å². The monoisotopic (exact) mass is 388 g/mol. The molecule has 0 aromatic carbocycles. The second-order valence-corrected chi connectivity index (χ2v) is 6.37. The van der Waals surface area contributed by atoms with Crippen molar-refractivity contribution in [3.63, 3.8) is 0 Å². The number of unbranched alkanes of at least 4 members (excludes halogenated alkanes) is 5. The van der Waals surface area contributed by atoms with Crippen LogP contribution in [0.25, 0.3) is 11.5 Å². The molecular formula is C18H21BrN4O. The fourth-order valence-corrected chi connectivity index (χ4v) is 2.37. The first-order chi connectivity index (χ1) is 11.7. The van der Waals surface area contributed by atoms with Crippen LogP contribution < -0.4 is 5.56 Å². The van der Waals surface area contributed by atoms with Crippen molar-refractivity contribution in [2.45, 2.75) is 52.0 Å². The minimum atomic E-state index is -0.173. The molecule has 0 bridgehead atoms. The average Bonchev–Trinajstić information content (AvgIpc) is 2.59. The molecule has 0 aliphatic carbocycles. The fourth-order valence-electron chi connectivity index (χ4n) is 2.16. The Morgan fingerprint density at radius 2 is 1.83 bits per heavy atom. The number of hydrogen-bond donors (Lipinski definition) is 0. The van der Waals surface area contributed by atoms with E-state index in [1.54, 1.807) is 18.5 Å². The van der Waals surface area contributed by atoms with Crippen LogP contribution in [-0.2, 0) is 6.54 Å². The van der Waals surface area contributed by atoms with Gasteiger partial charge in [-0.05, 0) is 28.4 Å². The Kier molecular flexibility index (Phi) is 7.63. The highest BCUT2D eigenvalue weighted by Crippen LogP contribution is 2.11. The molecule has 0 amide bonds. The van der Waals surface area contributed by atoms with Crippen LogP contribution >= 0.6 is 15.9 Å². The third-order valence-electron chi connectivity index (χ3n) is 3.48. The molecule has 5 nitrogen and oxygen atoms in total. The van der Waals surface area contributed by atoms with Crippen LogP contribution in [0.2, 0.25) is 0 Å². The van der Waals surface area contributed by atoms with E-state index in [4.69, 9.17) is 0 Å². The van der Waals surface area contributed by atoms with Crippen molar-refractivity contribution in [1.29, 1.82) is 0 Å². The molecule has 24 heavy (non-hydrogen) atoms. The van der Waals surface area contributed by atoms with Crippen molar-refractivity contribution in [3.8, 4) is 23.4 Å². The van der Waals surface area contributed by atoms with E-state index < -0.39 is 0 Å². The highest BCUT2D eigenvalue weighted by molar-refractivity contribution is 9.10. The first kappa shape index (κ1) is 18.3. The van der Waals surface area contributed by atoms with Gasteiger partial charge in [0.25, 0.3) is 5.56 Å². The van der Waals surface area contributed by atoms with E-state index in [0.717, 1.165) is 17.3 Å². The number of halogens is 1. The maximum atomic E-state index is 11.9. The fraction of sp³-hybridized carbons (Fsp3) is 0.444. The zero-order valence-electron chi connectivity index (χ0n) is 13.8. The summed E-state index contributed by atoms with van der Waals surface area (Å²) in [7, 11) is 0. The van der Waals surface area contributed by atoms with Gasteiger partial charge in [-0.2, -0.15) is 5.10 Å². The van der Waals surface area contributed by atoms with Crippen molar-refractivity contribution in [2.75, 3.05) is 0 Å². The molecular weight excluding hydrogens is 368 g/mol. The summed E-state index contributed by atoms with van der Waals surface area (Å²) in [6, 6.07) is 3.10. The van der Waals surface area contributed by atoms with Gasteiger partial charge in [0.05, 0.1) is 4.47 Å². The molecule has 0 fully saturated rings. The summed E-state index contributed by atoms with van der Waals surface area (Å²) in [5.74, 6) is 6.62. The molecule has 0 spiro atoms. The van der Waals surface area contributed by atoms with Crippen LogP contribution in [0.3, 0.4) is 0 Å². The molecule has 2 heterocycles. The Balaban J connectivity index is 1.95. The number of hydrogen-bond acceptors (Lipinski definition) is 4. The molecule has 0 radical (unpaired) electrons. The van der Waals surface area contributed by atoms with Crippen molar-refractivity contribution < 1.29 is 0 Å². The molecule has 126 valence electrons. The maximum Gasteiger partial charge on any atom is 0.267 e. The van der Waals surface area contributed by atoms with Gasteiger partial charge in [-0.1, -0.05) is 38.5 Å². The molecule has 0 atom stereocenters. The Hall–Kier alpha value is -2.00. The van der Waals surface area contributed by atoms with E-state index in [2.05, 4.69) is 49.8 Å². The predicted molar refractivity (Wildman–Crippen MR) is 98.4 cm³/mol. The second-order valence-electron chi connectivity index (χ2n) is 5.46. The highest BCUT2D eigenvalue weighted by Gasteiger charge is 2.05. The standard InChI is InChI=1S/C18H21BrN4O/c1-2-3-4-5-6-7-8-9-12-23-17(24)11-10-16(22-23)18-20-13-15(19)14-21-18/h10-11,13-14H,2-7,12H2,1H3. The lowest BCUT2D eigenvalue weighted by molar-refractivity contribution is 0.639. The lowest BCUT2D eigenvalue weighted by Gasteiger charge is -2.03. The van der Waals surface area contributed by atoms with Gasteiger partial charge in [0, 0.05) is 24.9 Å². The van der Waals surface area contributed by atoms with Crippen LogP contribution in [0.5, 0.6) is 0 Å². The molecule has 2 rings (SSSR count). The van der Waals surface area contributed by atoms with Crippen LogP contribution in [0.1, 0.15) is 45.4 Å². The van der Waals surface area contributed by atoms with Crippen molar-refractivity contribution >= 4 is 15.9 Å². The van der Waals surface area contributed by atoms with Gasteiger partial charge in [0.15, 0.2) is 5.82 Å². The molecule has 0 N–H and O–H groups in total. The predicted octanol–water partition coefficient (Wildman–Crippen LogP) is 3.83. The lowest BCUT2D eigenvalue weighted by Crippen LogP contribution is -2.22. The molecule has 0 aliphatic rings. The normalized spacial score (nSPS) is 10.2. The first-order valence-corrected chi connectivity index (χ1v) is 9.02. The van der Waals surface area contributed by atoms with Gasteiger partial charge in [0.1, 0.15) is 12.2 Å². The van der Waals surface area contributed by atoms with Gasteiger partial charge in [0.2, 0.25) is 0 Å². The average molecular weight is 389 g/mol. The summed E-state index contributed by atoms with van der Waals surface area (Å²) in [5, 5.41) is 4.29. The molecule has 0 saturated carbocycles. The van der Waals surface area contributed by atoms with E-state index in [9.17, 15) is 4.79 Å². The van der Waals surface area contributed by atoms with E-state index >= 15 is 0 Å². The van der Waals surface area contributed by atoms with Crippen molar-refractivity contribution in [1.82, 2.24) is 19.7 Å². The minimum Gasteiger partial charge on any atom is -0.268 e. The van der Waals surface area contributed by atoms with E-state index in [1.807, 2.05) is 0 Å². The van der Waals surface area contributed by atoms with Gasteiger partial charge in [-0.15, -0.1) is 5.92 Å². The molecule has 2 aromatic rings. The summed E-state index contributed by atoms with van der Waals surface area (Å²) in [5.41, 5.74) is 0.386. The second kappa shape index (κ2) is 9.99. The van der Waals surface area contributed by atoms with E-state index in [1.165, 1.54) is 36.4 Å². The quantitative estimate of drug-likeness (QED) is 0.534. The minimum absolute atomic E-state index is 0.173. The van der Waals surface area contributed by atoms with Crippen LogP contribution in [0, 0.1) is 11.8 Å². The Labute approximate surface area is 150 Å². The first-order valence-electron chi connectivity index (χ1n) is 8.22. The molecule has 6 heteroatoms.